The molecule has 0 saturated carbocycles. The molecule has 0 bridgehead atoms. The Hall–Kier alpha value is -1.28. The molecule has 2 nitrogen and oxygen atoms in total. The lowest BCUT2D eigenvalue weighted by Crippen LogP contribution is -1.97. The number of nitrogens with zero attached hydrogens (tertiary/aromatic N) is 1. The predicted octanol–water partition coefficient (Wildman–Crippen LogP) is 3.07. The highest BCUT2D eigenvalue weighted by Crippen LogP contribution is 2.28. The van der Waals surface area contributed by atoms with Gasteiger partial charge in [0.05, 0.1) is 0 Å². The van der Waals surface area contributed by atoms with E-state index in [1.807, 2.05) is 0 Å². The van der Waals surface area contributed by atoms with Crippen LogP contribution in [0.2, 0.25) is 0 Å². The molecule has 2 aromatic rings. The largest absolute Gasteiger partial charge is 0.396 e. The van der Waals surface area contributed by atoms with Crippen LogP contribution in [0.1, 0.15) is 30.9 Å². The van der Waals surface area contributed by atoms with E-state index >= 15 is 0 Å². The van der Waals surface area contributed by atoms with Gasteiger partial charge in [-0.25, -0.2) is 0 Å². The summed E-state index contributed by atoms with van der Waals surface area (Å²) in [7, 11) is 0. The van der Waals surface area contributed by atoms with Gasteiger partial charge in [-0.1, -0.05) is 19.1 Å². The monoisotopic (exact) mass is 217 g/mol. The van der Waals surface area contributed by atoms with Gasteiger partial charge < -0.3 is 9.67 Å². The molecule has 86 valence electrons. The lowest BCUT2D eigenvalue weighted by Gasteiger charge is -2.05. The fraction of sp³-hybridized carbons (Fsp3) is 0.429. The van der Waals surface area contributed by atoms with Crippen LogP contribution in [0.4, 0.5) is 0 Å². The van der Waals surface area contributed by atoms with Gasteiger partial charge in [-0.2, -0.15) is 0 Å². The Morgan fingerprint density at radius 2 is 2.12 bits per heavy atom. The summed E-state index contributed by atoms with van der Waals surface area (Å²) in [4.78, 5) is 0. The third kappa shape index (κ3) is 1.74. The number of aryl methyl sites for hydroxylation is 2. The fourth-order valence-corrected chi connectivity index (χ4v) is 2.18. The molecule has 1 unspecified atom stereocenters. The van der Waals surface area contributed by atoms with Crippen molar-refractivity contribution in [1.29, 1.82) is 0 Å². The molecule has 0 saturated heterocycles. The van der Waals surface area contributed by atoms with Crippen LogP contribution in [0.25, 0.3) is 10.9 Å². The van der Waals surface area contributed by atoms with Crippen molar-refractivity contribution in [3.63, 3.8) is 0 Å². The van der Waals surface area contributed by atoms with E-state index in [0.29, 0.717) is 0 Å². The number of hydrogen-bond acceptors (Lipinski definition) is 1. The van der Waals surface area contributed by atoms with E-state index in [9.17, 15) is 5.11 Å². The molecule has 1 aromatic heterocycles. The van der Waals surface area contributed by atoms with Crippen molar-refractivity contribution in [3.8, 4) is 0 Å². The van der Waals surface area contributed by atoms with Crippen LogP contribution in [-0.4, -0.2) is 16.3 Å². The third-order valence-corrected chi connectivity index (χ3v) is 3.21. The highest BCUT2D eigenvalue weighted by atomic mass is 16.3. The van der Waals surface area contributed by atoms with Gasteiger partial charge in [0.15, 0.2) is 0 Å². The van der Waals surface area contributed by atoms with Crippen LogP contribution in [0.15, 0.2) is 24.4 Å². The van der Waals surface area contributed by atoms with Crippen molar-refractivity contribution in [2.24, 2.45) is 0 Å². The van der Waals surface area contributed by atoms with Gasteiger partial charge in [0.25, 0.3) is 0 Å². The van der Waals surface area contributed by atoms with Gasteiger partial charge >= 0.3 is 0 Å². The number of benzene rings is 1. The number of fused-ring (bicyclic) bond motifs is 1. The summed E-state index contributed by atoms with van der Waals surface area (Å²) >= 11 is 0. The lowest BCUT2D eigenvalue weighted by atomic mass is 10.0. The number of aliphatic hydroxyl groups is 1. The van der Waals surface area contributed by atoms with Crippen molar-refractivity contribution < 1.29 is 5.11 Å². The highest BCUT2D eigenvalue weighted by molar-refractivity contribution is 5.85. The molecule has 0 aliphatic heterocycles. The van der Waals surface area contributed by atoms with Crippen LogP contribution >= 0.6 is 0 Å². The van der Waals surface area contributed by atoms with Gasteiger partial charge in [-0.15, -0.1) is 0 Å². The van der Waals surface area contributed by atoms with E-state index < -0.39 is 0 Å². The molecule has 1 atom stereocenters. The molecule has 2 heteroatoms. The highest BCUT2D eigenvalue weighted by Gasteiger charge is 2.12. The first-order chi connectivity index (χ1) is 7.67. The van der Waals surface area contributed by atoms with Crippen LogP contribution < -0.4 is 0 Å². The first-order valence-electron chi connectivity index (χ1n) is 5.87. The summed E-state index contributed by atoms with van der Waals surface area (Å²) in [5.41, 5.74) is 3.81. The van der Waals surface area contributed by atoms with Crippen molar-refractivity contribution >= 4 is 10.9 Å². The van der Waals surface area contributed by atoms with Crippen molar-refractivity contribution in [3.05, 3.63) is 35.5 Å². The smallest absolute Gasteiger partial charge is 0.0497 e. The van der Waals surface area contributed by atoms with E-state index in [0.717, 1.165) is 6.54 Å². The molecule has 1 N–H and O–H groups in total. The van der Waals surface area contributed by atoms with Gasteiger partial charge in [0.2, 0.25) is 0 Å². The molecule has 0 aliphatic carbocycles. The lowest BCUT2D eigenvalue weighted by molar-refractivity contribution is 0.273. The van der Waals surface area contributed by atoms with Crippen molar-refractivity contribution in [1.82, 2.24) is 4.57 Å². The minimum absolute atomic E-state index is 0.205. The Bertz CT molecular complexity index is 499. The summed E-state index contributed by atoms with van der Waals surface area (Å²) in [5, 5.41) is 10.5. The minimum Gasteiger partial charge on any atom is -0.396 e. The maximum atomic E-state index is 9.27. The number of rotatable bonds is 3. The first kappa shape index (κ1) is 11.2. The molecule has 2 rings (SSSR count). The fourth-order valence-electron chi connectivity index (χ4n) is 2.18. The molecule has 0 amide bonds. The Morgan fingerprint density at radius 1 is 1.38 bits per heavy atom. The van der Waals surface area contributed by atoms with E-state index in [-0.39, 0.29) is 12.5 Å². The zero-order valence-electron chi connectivity index (χ0n) is 10.2. The average molecular weight is 217 g/mol. The normalized spacial score (nSPS) is 13.2. The first-order valence-corrected chi connectivity index (χ1v) is 5.87. The SMILES string of the molecule is CCn1cc(C(C)CO)c2ccc(C)cc21. The molecule has 1 aromatic carbocycles. The van der Waals surface area contributed by atoms with E-state index in [1.165, 1.54) is 22.0 Å². The average Bonchev–Trinajstić information content (AvgIpc) is 2.66. The van der Waals surface area contributed by atoms with Gasteiger partial charge in [0.1, 0.15) is 0 Å². The third-order valence-electron chi connectivity index (χ3n) is 3.21. The minimum atomic E-state index is 0.205. The van der Waals surface area contributed by atoms with E-state index in [1.54, 1.807) is 0 Å². The summed E-state index contributed by atoms with van der Waals surface area (Å²) in [6.07, 6.45) is 2.17. The van der Waals surface area contributed by atoms with Gasteiger partial charge in [-0.05, 0) is 31.0 Å². The van der Waals surface area contributed by atoms with Crippen LogP contribution in [0, 0.1) is 6.92 Å². The molecule has 1 heterocycles. The number of aromatic nitrogens is 1. The molecule has 0 spiro atoms. The molecule has 16 heavy (non-hydrogen) atoms. The van der Waals surface area contributed by atoms with Crippen LogP contribution in [0.3, 0.4) is 0 Å². The molecule has 0 fully saturated rings. The van der Waals surface area contributed by atoms with E-state index in [4.69, 9.17) is 0 Å². The molecular formula is C14H19NO. The summed E-state index contributed by atoms with van der Waals surface area (Å²) in [6, 6.07) is 6.51. The maximum absolute atomic E-state index is 9.27. The van der Waals surface area contributed by atoms with Gasteiger partial charge in [-0.3, -0.25) is 0 Å². The Kier molecular flexibility index (Phi) is 3.01. The zero-order valence-corrected chi connectivity index (χ0v) is 10.2. The summed E-state index contributed by atoms with van der Waals surface area (Å²) in [6.45, 7) is 7.50. The number of hydrogen-bond donors (Lipinski definition) is 1. The Labute approximate surface area is 96.5 Å². The molecule has 0 radical (unpaired) electrons. The predicted molar refractivity (Wildman–Crippen MR) is 67.8 cm³/mol. The quantitative estimate of drug-likeness (QED) is 0.839. The molecular weight excluding hydrogens is 198 g/mol. The molecule has 0 aliphatic rings. The van der Waals surface area contributed by atoms with Gasteiger partial charge in [0, 0.05) is 36.2 Å². The number of aliphatic hydroxyl groups excluding tert-OH is 1. The topological polar surface area (TPSA) is 25.2 Å². The van der Waals surface area contributed by atoms with Crippen LogP contribution in [-0.2, 0) is 6.54 Å². The van der Waals surface area contributed by atoms with E-state index in [2.05, 4.69) is 49.7 Å². The summed E-state index contributed by atoms with van der Waals surface area (Å²) in [5.74, 6) is 0.206. The maximum Gasteiger partial charge on any atom is 0.0497 e. The Morgan fingerprint density at radius 3 is 2.75 bits per heavy atom. The van der Waals surface area contributed by atoms with Crippen molar-refractivity contribution in [2.75, 3.05) is 6.61 Å². The zero-order chi connectivity index (χ0) is 11.7. The second kappa shape index (κ2) is 4.30. The summed E-state index contributed by atoms with van der Waals surface area (Å²) < 4.78 is 2.25. The van der Waals surface area contributed by atoms with Crippen molar-refractivity contribution in [2.45, 2.75) is 33.2 Å². The standard InChI is InChI=1S/C14H19NO/c1-4-15-8-13(11(3)9-16)12-6-5-10(2)7-14(12)15/h5-8,11,16H,4,9H2,1-3H3. The second-order valence-electron chi connectivity index (χ2n) is 4.47. The second-order valence-corrected chi connectivity index (χ2v) is 4.47. The Balaban J connectivity index is 2.67. The van der Waals surface area contributed by atoms with Crippen LogP contribution in [0.5, 0.6) is 0 Å².